The summed E-state index contributed by atoms with van der Waals surface area (Å²) in [6, 6.07) is 11.4. The molecule has 8 nitrogen and oxygen atoms in total. The van der Waals surface area contributed by atoms with E-state index in [1.807, 2.05) is 42.2 Å². The number of aromatic nitrogens is 2. The van der Waals surface area contributed by atoms with Gasteiger partial charge in [-0.2, -0.15) is 4.98 Å². The van der Waals surface area contributed by atoms with Gasteiger partial charge in [-0.3, -0.25) is 9.69 Å². The molecule has 0 bridgehead atoms. The van der Waals surface area contributed by atoms with Crippen molar-refractivity contribution in [2.45, 2.75) is 19.5 Å². The molecule has 0 spiro atoms. The van der Waals surface area contributed by atoms with E-state index in [9.17, 15) is 4.79 Å². The van der Waals surface area contributed by atoms with Crippen molar-refractivity contribution < 1.29 is 13.7 Å². The Labute approximate surface area is 187 Å². The first-order valence-corrected chi connectivity index (χ1v) is 9.35. The maximum absolute atomic E-state index is 12.6. The van der Waals surface area contributed by atoms with E-state index in [0.717, 1.165) is 18.7 Å². The highest BCUT2D eigenvalue weighted by atomic mass is 35.5. The van der Waals surface area contributed by atoms with Gasteiger partial charge in [0.25, 0.3) is 5.91 Å². The molecular weight excluding hydrogens is 429 g/mol. The fourth-order valence-electron chi connectivity index (χ4n) is 3.36. The summed E-state index contributed by atoms with van der Waals surface area (Å²) >= 11 is 0. The molecule has 3 aromatic rings. The first-order chi connectivity index (χ1) is 13.7. The van der Waals surface area contributed by atoms with Crippen LogP contribution in [0.15, 0.2) is 51.6 Å². The Hall–Kier alpha value is -2.39. The SMILES string of the molecule is CC(c1nc(-c2ccccc2)no1)N1CCN(C(=O)c2coc(CN)c2)CC1.Cl.Cl. The van der Waals surface area contributed by atoms with Gasteiger partial charge in [-0.05, 0) is 13.0 Å². The third-order valence-electron chi connectivity index (χ3n) is 5.08. The van der Waals surface area contributed by atoms with Gasteiger partial charge in [-0.25, -0.2) is 0 Å². The number of carbonyl (C=O) groups excluding carboxylic acids is 1. The molecule has 2 N–H and O–H groups in total. The zero-order valence-electron chi connectivity index (χ0n) is 16.6. The van der Waals surface area contributed by atoms with Crippen molar-refractivity contribution in [3.8, 4) is 11.4 Å². The Kier molecular flexibility index (Phi) is 8.43. The van der Waals surface area contributed by atoms with Gasteiger partial charge in [-0.1, -0.05) is 35.5 Å². The van der Waals surface area contributed by atoms with Gasteiger partial charge in [0.1, 0.15) is 12.0 Å². The van der Waals surface area contributed by atoms with Crippen LogP contribution in [-0.4, -0.2) is 52.0 Å². The summed E-state index contributed by atoms with van der Waals surface area (Å²) in [5.41, 5.74) is 7.02. The van der Waals surface area contributed by atoms with Crippen LogP contribution in [0.1, 0.15) is 35.0 Å². The van der Waals surface area contributed by atoms with Crippen molar-refractivity contribution in [2.24, 2.45) is 5.73 Å². The molecule has 0 aliphatic carbocycles. The summed E-state index contributed by atoms with van der Waals surface area (Å²) < 4.78 is 10.8. The van der Waals surface area contributed by atoms with Crippen molar-refractivity contribution in [1.82, 2.24) is 19.9 Å². The van der Waals surface area contributed by atoms with E-state index in [-0.39, 0.29) is 43.3 Å². The van der Waals surface area contributed by atoms with E-state index < -0.39 is 0 Å². The average molecular weight is 454 g/mol. The minimum Gasteiger partial charge on any atom is -0.467 e. The van der Waals surface area contributed by atoms with E-state index in [0.29, 0.717) is 36.1 Å². The van der Waals surface area contributed by atoms with E-state index >= 15 is 0 Å². The number of benzene rings is 1. The second kappa shape index (κ2) is 10.6. The molecule has 1 fully saturated rings. The zero-order valence-corrected chi connectivity index (χ0v) is 18.2. The lowest BCUT2D eigenvalue weighted by Crippen LogP contribution is -2.49. The summed E-state index contributed by atoms with van der Waals surface area (Å²) in [4.78, 5) is 21.2. The molecule has 1 aromatic carbocycles. The largest absolute Gasteiger partial charge is 0.467 e. The average Bonchev–Trinajstić information content (AvgIpc) is 3.43. The molecule has 30 heavy (non-hydrogen) atoms. The Morgan fingerprint density at radius 2 is 1.87 bits per heavy atom. The van der Waals surface area contributed by atoms with Gasteiger partial charge < -0.3 is 19.6 Å². The molecule has 1 aliphatic heterocycles. The Balaban J connectivity index is 0.00000160. The summed E-state index contributed by atoms with van der Waals surface area (Å²) in [7, 11) is 0. The number of amides is 1. The number of carbonyl (C=O) groups is 1. The number of piperazine rings is 1. The van der Waals surface area contributed by atoms with Gasteiger partial charge >= 0.3 is 0 Å². The highest BCUT2D eigenvalue weighted by molar-refractivity contribution is 5.94. The molecular formula is C20H25Cl2N5O3. The van der Waals surface area contributed by atoms with Gasteiger partial charge in [0.15, 0.2) is 0 Å². The summed E-state index contributed by atoms with van der Waals surface area (Å²) in [6.45, 7) is 5.06. The van der Waals surface area contributed by atoms with E-state index in [2.05, 4.69) is 15.0 Å². The summed E-state index contributed by atoms with van der Waals surface area (Å²) in [6.07, 6.45) is 1.48. The molecule has 2 aromatic heterocycles. The van der Waals surface area contributed by atoms with Crippen molar-refractivity contribution in [3.63, 3.8) is 0 Å². The lowest BCUT2D eigenvalue weighted by molar-refractivity contribution is 0.0551. The first-order valence-electron chi connectivity index (χ1n) is 9.35. The molecule has 1 saturated heterocycles. The fourth-order valence-corrected chi connectivity index (χ4v) is 3.36. The smallest absolute Gasteiger partial charge is 0.257 e. The van der Waals surface area contributed by atoms with Crippen molar-refractivity contribution in [1.29, 1.82) is 0 Å². The number of nitrogens with zero attached hydrogens (tertiary/aromatic N) is 4. The normalized spacial score (nSPS) is 15.2. The van der Waals surface area contributed by atoms with Crippen LogP contribution >= 0.6 is 24.8 Å². The monoisotopic (exact) mass is 453 g/mol. The number of hydrogen-bond acceptors (Lipinski definition) is 7. The number of rotatable bonds is 5. The molecule has 0 radical (unpaired) electrons. The predicted molar refractivity (Wildman–Crippen MR) is 117 cm³/mol. The van der Waals surface area contributed by atoms with Crippen LogP contribution < -0.4 is 5.73 Å². The Bertz CT molecular complexity index is 939. The maximum Gasteiger partial charge on any atom is 0.257 e. The topological polar surface area (TPSA) is 102 Å². The van der Waals surface area contributed by atoms with Crippen LogP contribution in [-0.2, 0) is 6.54 Å². The Morgan fingerprint density at radius 1 is 1.17 bits per heavy atom. The third kappa shape index (κ3) is 5.02. The standard InChI is InChI=1S/C20H23N5O3.2ClH/c1-14(19-22-18(23-28-19)15-5-3-2-4-6-15)24-7-9-25(10-8-24)20(26)16-11-17(12-21)27-13-16;;/h2-6,11,13-14H,7-10,12,21H2,1H3;2*1H. The van der Waals surface area contributed by atoms with Gasteiger partial charge in [-0.15, -0.1) is 24.8 Å². The van der Waals surface area contributed by atoms with Crippen molar-refractivity contribution >= 4 is 30.7 Å². The third-order valence-corrected chi connectivity index (χ3v) is 5.08. The number of halogens is 2. The van der Waals surface area contributed by atoms with Crippen LogP contribution in [0.2, 0.25) is 0 Å². The van der Waals surface area contributed by atoms with Crippen LogP contribution in [0, 0.1) is 0 Å². The van der Waals surface area contributed by atoms with Crippen LogP contribution in [0.5, 0.6) is 0 Å². The lowest BCUT2D eigenvalue weighted by atomic mass is 10.2. The molecule has 1 unspecified atom stereocenters. The molecule has 3 heterocycles. The van der Waals surface area contributed by atoms with Crippen LogP contribution in [0.4, 0.5) is 0 Å². The lowest BCUT2D eigenvalue weighted by Gasteiger charge is -2.36. The quantitative estimate of drug-likeness (QED) is 0.632. The first kappa shape index (κ1) is 23.9. The van der Waals surface area contributed by atoms with Crippen molar-refractivity contribution in [3.05, 3.63) is 59.9 Å². The fraction of sp³-hybridized carbons (Fsp3) is 0.350. The second-order valence-electron chi connectivity index (χ2n) is 6.83. The van der Waals surface area contributed by atoms with Crippen LogP contribution in [0.3, 0.4) is 0 Å². The van der Waals surface area contributed by atoms with Crippen molar-refractivity contribution in [2.75, 3.05) is 26.2 Å². The molecule has 1 amide bonds. The molecule has 1 atom stereocenters. The van der Waals surface area contributed by atoms with E-state index in [1.165, 1.54) is 6.26 Å². The zero-order chi connectivity index (χ0) is 19.5. The molecule has 1 aliphatic rings. The van der Waals surface area contributed by atoms with Gasteiger partial charge in [0, 0.05) is 31.7 Å². The maximum atomic E-state index is 12.6. The van der Waals surface area contributed by atoms with Gasteiger partial charge in [0.05, 0.1) is 18.2 Å². The van der Waals surface area contributed by atoms with E-state index in [1.54, 1.807) is 6.07 Å². The number of nitrogens with two attached hydrogens (primary N) is 1. The molecule has 0 saturated carbocycles. The molecule has 162 valence electrons. The van der Waals surface area contributed by atoms with Gasteiger partial charge in [0.2, 0.25) is 11.7 Å². The number of furan rings is 1. The molecule has 10 heteroatoms. The van der Waals surface area contributed by atoms with E-state index in [4.69, 9.17) is 14.7 Å². The summed E-state index contributed by atoms with van der Waals surface area (Å²) in [5, 5.41) is 4.10. The minimum atomic E-state index is -0.0279. The highest BCUT2D eigenvalue weighted by Crippen LogP contribution is 2.24. The Morgan fingerprint density at radius 3 is 2.50 bits per heavy atom. The molecule has 4 rings (SSSR count). The minimum absolute atomic E-state index is 0. The highest BCUT2D eigenvalue weighted by Gasteiger charge is 2.28. The van der Waals surface area contributed by atoms with Crippen LogP contribution in [0.25, 0.3) is 11.4 Å². The predicted octanol–water partition coefficient (Wildman–Crippen LogP) is 3.15. The summed E-state index contributed by atoms with van der Waals surface area (Å²) in [5.74, 6) is 1.76. The number of hydrogen-bond donors (Lipinski definition) is 1. The second-order valence-corrected chi connectivity index (χ2v) is 6.83.